The number of phenolic OH excluding ortho intramolecular Hbond substituents is 1. The number of fused-ring (bicyclic) bond motifs is 3. The topological polar surface area (TPSA) is 172 Å². The van der Waals surface area contributed by atoms with E-state index in [1.807, 2.05) is 0 Å². The standard InChI is InChI=1S/C26H16F5NO8/c27-16-8(17(28)19(30)20(31)18(16)29)4-7-6-2-1-3-10(33)12(6)22(36)15-13(7)21(35)9-5-11(34)14(25(32)39)23(37)26(9,40)24(15)38/h1-4,9,13-15,21,33,35,40H,5H2,(H2,32,39)/b7-4+. The SMILES string of the molecule is NC(=O)C1C(=O)CC2C(O)C3/C(=C/c4c(F)c(F)c(F)c(F)c4F)c4cccc(O)c4C(=O)C3C(=O)C2(O)C1=O. The minimum atomic E-state index is -3.29. The molecule has 14 heteroatoms. The molecule has 0 saturated heterocycles. The van der Waals surface area contributed by atoms with Crippen LogP contribution in [-0.2, 0) is 19.2 Å². The van der Waals surface area contributed by atoms with E-state index in [0.717, 1.165) is 18.2 Å². The van der Waals surface area contributed by atoms with Gasteiger partial charge in [-0.25, -0.2) is 22.0 Å². The third kappa shape index (κ3) is 3.35. The first-order chi connectivity index (χ1) is 18.7. The van der Waals surface area contributed by atoms with Crippen molar-refractivity contribution in [2.24, 2.45) is 29.4 Å². The number of aliphatic hydroxyl groups excluding tert-OH is 1. The van der Waals surface area contributed by atoms with E-state index in [4.69, 9.17) is 5.73 Å². The van der Waals surface area contributed by atoms with Crippen molar-refractivity contribution in [1.82, 2.24) is 0 Å². The van der Waals surface area contributed by atoms with Crippen molar-refractivity contribution in [1.29, 1.82) is 0 Å². The summed E-state index contributed by atoms with van der Waals surface area (Å²) in [6, 6.07) is 3.22. The fourth-order valence-electron chi connectivity index (χ4n) is 5.94. The van der Waals surface area contributed by atoms with E-state index >= 15 is 0 Å². The van der Waals surface area contributed by atoms with Crippen LogP contribution in [0.5, 0.6) is 5.75 Å². The Kier molecular flexibility index (Phi) is 6.04. The highest BCUT2D eigenvalue weighted by atomic mass is 19.2. The molecule has 0 aromatic heterocycles. The maximum atomic E-state index is 14.7. The molecule has 3 aliphatic carbocycles. The van der Waals surface area contributed by atoms with Gasteiger partial charge in [0.1, 0.15) is 5.75 Å². The average Bonchev–Trinajstić information content (AvgIpc) is 2.90. The maximum absolute atomic E-state index is 14.7. The zero-order chi connectivity index (χ0) is 29.6. The molecule has 2 saturated carbocycles. The van der Waals surface area contributed by atoms with Gasteiger partial charge in [-0.05, 0) is 23.3 Å². The van der Waals surface area contributed by atoms with Crippen molar-refractivity contribution in [2.75, 3.05) is 0 Å². The van der Waals surface area contributed by atoms with Crippen molar-refractivity contribution in [2.45, 2.75) is 18.1 Å². The Hall–Kier alpha value is -4.30. The number of amides is 1. The lowest BCUT2D eigenvalue weighted by Crippen LogP contribution is -2.72. The summed E-state index contributed by atoms with van der Waals surface area (Å²) in [5.74, 6) is -28.1. The Morgan fingerprint density at radius 3 is 2.10 bits per heavy atom. The van der Waals surface area contributed by atoms with Gasteiger partial charge in [0.25, 0.3) is 0 Å². The molecule has 2 aromatic carbocycles. The zero-order valence-corrected chi connectivity index (χ0v) is 19.8. The van der Waals surface area contributed by atoms with E-state index in [-0.39, 0.29) is 5.56 Å². The molecule has 1 amide bonds. The Balaban J connectivity index is 1.81. The number of rotatable bonds is 2. The van der Waals surface area contributed by atoms with Gasteiger partial charge < -0.3 is 21.1 Å². The number of Topliss-reactive ketones (excluding diaryl/α,β-unsaturated/α-hetero) is 4. The number of hydrogen-bond donors (Lipinski definition) is 4. The first kappa shape index (κ1) is 27.3. The molecule has 5 N–H and O–H groups in total. The Morgan fingerprint density at radius 2 is 1.52 bits per heavy atom. The number of benzene rings is 2. The van der Waals surface area contributed by atoms with Crippen molar-refractivity contribution in [3.8, 4) is 5.75 Å². The second-order valence-electron chi connectivity index (χ2n) is 9.75. The number of carbonyl (C=O) groups excluding carboxylic acids is 5. The molecule has 6 unspecified atom stereocenters. The van der Waals surface area contributed by atoms with Crippen molar-refractivity contribution >= 4 is 40.7 Å². The van der Waals surface area contributed by atoms with E-state index < -0.39 is 122 Å². The number of carbonyl (C=O) groups is 5. The number of ketones is 4. The van der Waals surface area contributed by atoms with Crippen LogP contribution < -0.4 is 5.73 Å². The van der Waals surface area contributed by atoms with Crippen LogP contribution in [0.1, 0.15) is 27.9 Å². The smallest absolute Gasteiger partial charge is 0.235 e. The fraction of sp³-hybridized carbons (Fsp3) is 0.269. The number of aliphatic hydroxyl groups is 2. The third-order valence-electron chi connectivity index (χ3n) is 7.78. The number of phenols is 1. The van der Waals surface area contributed by atoms with Crippen LogP contribution in [0.15, 0.2) is 18.2 Å². The lowest BCUT2D eigenvalue weighted by molar-refractivity contribution is -0.185. The van der Waals surface area contributed by atoms with Gasteiger partial charge in [0, 0.05) is 18.3 Å². The molecule has 2 aromatic rings. The summed E-state index contributed by atoms with van der Waals surface area (Å²) in [5.41, 5.74) is -1.33. The molecule has 0 aliphatic heterocycles. The molecule has 0 spiro atoms. The first-order valence-electron chi connectivity index (χ1n) is 11.6. The van der Waals surface area contributed by atoms with Gasteiger partial charge in [-0.2, -0.15) is 0 Å². The number of aromatic hydroxyl groups is 1. The normalized spacial score (nSPS) is 30.7. The predicted octanol–water partition coefficient (Wildman–Crippen LogP) is 0.991. The molecule has 208 valence electrons. The zero-order valence-electron chi connectivity index (χ0n) is 19.8. The van der Waals surface area contributed by atoms with Crippen molar-refractivity contribution < 1.29 is 61.2 Å². The Bertz CT molecular complexity index is 1590. The number of primary amides is 1. The predicted molar refractivity (Wildman–Crippen MR) is 120 cm³/mol. The minimum Gasteiger partial charge on any atom is -0.507 e. The molecule has 6 atom stereocenters. The monoisotopic (exact) mass is 565 g/mol. The van der Waals surface area contributed by atoms with Crippen LogP contribution in [0.3, 0.4) is 0 Å². The molecule has 3 aliphatic rings. The summed E-state index contributed by atoms with van der Waals surface area (Å²) in [6.45, 7) is 0. The molecule has 40 heavy (non-hydrogen) atoms. The van der Waals surface area contributed by atoms with E-state index in [2.05, 4.69) is 0 Å². The van der Waals surface area contributed by atoms with Gasteiger partial charge in [-0.15, -0.1) is 0 Å². The van der Waals surface area contributed by atoms with Gasteiger partial charge in [0.05, 0.1) is 23.1 Å². The van der Waals surface area contributed by atoms with Gasteiger partial charge in [0.15, 0.2) is 57.9 Å². The van der Waals surface area contributed by atoms with Crippen LogP contribution in [-0.4, -0.2) is 56.1 Å². The number of halogens is 5. The van der Waals surface area contributed by atoms with Crippen molar-refractivity contribution in [3.05, 3.63) is 64.0 Å². The number of hydrogen-bond acceptors (Lipinski definition) is 8. The van der Waals surface area contributed by atoms with Crippen LogP contribution in [0.4, 0.5) is 22.0 Å². The third-order valence-corrected chi connectivity index (χ3v) is 7.78. The lowest BCUT2D eigenvalue weighted by atomic mass is 9.51. The molecule has 9 nitrogen and oxygen atoms in total. The van der Waals surface area contributed by atoms with Gasteiger partial charge in [0.2, 0.25) is 11.7 Å². The van der Waals surface area contributed by atoms with E-state index in [9.17, 15) is 61.2 Å². The minimum absolute atomic E-state index is 0.365. The molecule has 0 bridgehead atoms. The highest BCUT2D eigenvalue weighted by Crippen LogP contribution is 2.54. The van der Waals surface area contributed by atoms with Crippen LogP contribution in [0.2, 0.25) is 0 Å². The largest absolute Gasteiger partial charge is 0.507 e. The summed E-state index contributed by atoms with van der Waals surface area (Å²) in [6.07, 6.45) is -2.78. The Morgan fingerprint density at radius 1 is 0.950 bits per heavy atom. The second-order valence-corrected chi connectivity index (χ2v) is 9.75. The van der Waals surface area contributed by atoms with Crippen molar-refractivity contribution in [3.63, 3.8) is 0 Å². The van der Waals surface area contributed by atoms with Gasteiger partial charge in [-0.1, -0.05) is 12.1 Å². The van der Waals surface area contributed by atoms with Crippen LogP contribution >= 0.6 is 0 Å². The van der Waals surface area contributed by atoms with Crippen LogP contribution in [0, 0.1) is 52.8 Å². The average molecular weight is 565 g/mol. The molecule has 2 fully saturated rings. The summed E-state index contributed by atoms with van der Waals surface area (Å²) < 4.78 is 70.9. The fourth-order valence-corrected chi connectivity index (χ4v) is 5.94. The first-order valence-corrected chi connectivity index (χ1v) is 11.6. The second kappa shape index (κ2) is 8.86. The molecular formula is C26H16F5NO8. The summed E-state index contributed by atoms with van der Waals surface area (Å²) in [7, 11) is 0. The van der Waals surface area contributed by atoms with E-state index in [1.165, 1.54) is 0 Å². The van der Waals surface area contributed by atoms with Crippen LogP contribution in [0.25, 0.3) is 11.6 Å². The Labute approximate surface area is 219 Å². The van der Waals surface area contributed by atoms with Gasteiger partial charge >= 0.3 is 0 Å². The molecule has 0 heterocycles. The highest BCUT2D eigenvalue weighted by Gasteiger charge is 2.69. The summed E-state index contributed by atoms with van der Waals surface area (Å²) >= 11 is 0. The van der Waals surface area contributed by atoms with Gasteiger partial charge in [-0.3, -0.25) is 24.0 Å². The summed E-state index contributed by atoms with van der Waals surface area (Å²) in [4.78, 5) is 64.5. The quantitative estimate of drug-likeness (QED) is 0.181. The molecule has 5 rings (SSSR count). The lowest BCUT2D eigenvalue weighted by Gasteiger charge is -2.51. The molecule has 0 radical (unpaired) electrons. The molecular weight excluding hydrogens is 549 g/mol. The van der Waals surface area contributed by atoms with E-state index in [0.29, 0.717) is 6.08 Å². The number of nitrogens with two attached hydrogens (primary N) is 1. The summed E-state index contributed by atoms with van der Waals surface area (Å²) in [5, 5.41) is 33.0. The van der Waals surface area contributed by atoms with E-state index in [1.54, 1.807) is 0 Å². The highest BCUT2D eigenvalue weighted by molar-refractivity contribution is 6.32. The maximum Gasteiger partial charge on any atom is 0.235 e.